The number of nitrogens with one attached hydrogen (secondary N) is 1. The van der Waals surface area contributed by atoms with Crippen molar-refractivity contribution in [3.8, 4) is 11.4 Å². The van der Waals surface area contributed by atoms with Crippen LogP contribution in [0.2, 0.25) is 5.02 Å². The van der Waals surface area contributed by atoms with Gasteiger partial charge in [-0.05, 0) is 36.4 Å². The molecule has 0 aliphatic carbocycles. The van der Waals surface area contributed by atoms with Crippen LogP contribution in [0.1, 0.15) is 16.1 Å². The fraction of sp³-hybridized carbons (Fsp3) is 0.200. The zero-order valence-corrected chi connectivity index (χ0v) is 16.8. The molecule has 0 saturated heterocycles. The standard InChI is InChI=1S/C20H16ClF4N3O3/c1-30-8-9-31-17-7-4-13(10-16(17)22)27-19(29)15-11-26-28(18(15)20(23,24)25)14-5-2-12(21)3-6-14/h2-7,10-11H,8-9H2,1H3,(H,27,29). The molecule has 0 atom stereocenters. The van der Waals surface area contributed by atoms with Crippen LogP contribution in [0.4, 0.5) is 23.2 Å². The molecule has 1 N–H and O–H groups in total. The summed E-state index contributed by atoms with van der Waals surface area (Å²) in [5.41, 5.74) is -1.97. The van der Waals surface area contributed by atoms with Crippen molar-refractivity contribution in [2.24, 2.45) is 0 Å². The number of alkyl halides is 3. The van der Waals surface area contributed by atoms with Crippen LogP contribution in [-0.4, -0.2) is 36.0 Å². The minimum Gasteiger partial charge on any atom is -0.488 e. The van der Waals surface area contributed by atoms with Gasteiger partial charge >= 0.3 is 6.18 Å². The van der Waals surface area contributed by atoms with Gasteiger partial charge in [0.25, 0.3) is 5.91 Å². The molecule has 1 heterocycles. The van der Waals surface area contributed by atoms with Crippen molar-refractivity contribution in [1.82, 2.24) is 9.78 Å². The molecule has 1 aromatic heterocycles. The second-order valence-electron chi connectivity index (χ2n) is 6.23. The van der Waals surface area contributed by atoms with E-state index in [9.17, 15) is 22.4 Å². The Morgan fingerprint density at radius 2 is 1.87 bits per heavy atom. The third kappa shape index (κ3) is 5.33. The summed E-state index contributed by atoms with van der Waals surface area (Å²) in [4.78, 5) is 12.5. The molecular weight excluding hydrogens is 442 g/mol. The van der Waals surface area contributed by atoms with E-state index in [4.69, 9.17) is 21.1 Å². The number of rotatable bonds is 7. The number of carbonyl (C=O) groups excluding carboxylic acids is 1. The number of carbonyl (C=O) groups is 1. The maximum absolute atomic E-state index is 14.1. The Balaban J connectivity index is 1.87. The van der Waals surface area contributed by atoms with E-state index >= 15 is 0 Å². The van der Waals surface area contributed by atoms with Crippen molar-refractivity contribution in [3.63, 3.8) is 0 Å². The molecule has 3 rings (SSSR count). The van der Waals surface area contributed by atoms with Crippen LogP contribution >= 0.6 is 11.6 Å². The number of nitrogens with zero attached hydrogens (tertiary/aromatic N) is 2. The quantitative estimate of drug-likeness (QED) is 0.402. The first-order valence-corrected chi connectivity index (χ1v) is 9.22. The Morgan fingerprint density at radius 1 is 1.16 bits per heavy atom. The lowest BCUT2D eigenvalue weighted by Crippen LogP contribution is -2.20. The van der Waals surface area contributed by atoms with Gasteiger partial charge in [0.2, 0.25) is 0 Å². The molecule has 11 heteroatoms. The molecule has 0 saturated carbocycles. The van der Waals surface area contributed by atoms with Crippen LogP contribution in [0.15, 0.2) is 48.7 Å². The van der Waals surface area contributed by atoms with Crippen LogP contribution in [0.3, 0.4) is 0 Å². The highest BCUT2D eigenvalue weighted by atomic mass is 35.5. The maximum Gasteiger partial charge on any atom is 0.434 e. The van der Waals surface area contributed by atoms with Crippen molar-refractivity contribution < 1.29 is 31.8 Å². The molecule has 0 fully saturated rings. The second-order valence-corrected chi connectivity index (χ2v) is 6.67. The van der Waals surface area contributed by atoms with E-state index in [2.05, 4.69) is 10.4 Å². The minimum atomic E-state index is -4.88. The molecule has 0 bridgehead atoms. The first kappa shape index (κ1) is 22.6. The summed E-state index contributed by atoms with van der Waals surface area (Å²) in [6.45, 7) is 0.355. The maximum atomic E-state index is 14.1. The summed E-state index contributed by atoms with van der Waals surface area (Å²) in [6, 6.07) is 8.97. The molecule has 2 aromatic carbocycles. The highest BCUT2D eigenvalue weighted by Gasteiger charge is 2.40. The average Bonchev–Trinajstić information content (AvgIpc) is 3.16. The first-order chi connectivity index (χ1) is 14.7. The molecule has 0 radical (unpaired) electrons. The first-order valence-electron chi connectivity index (χ1n) is 8.84. The van der Waals surface area contributed by atoms with Crippen molar-refractivity contribution in [2.45, 2.75) is 6.18 Å². The van der Waals surface area contributed by atoms with Gasteiger partial charge in [0.05, 0.1) is 24.1 Å². The fourth-order valence-electron chi connectivity index (χ4n) is 2.69. The number of anilines is 1. The van der Waals surface area contributed by atoms with Gasteiger partial charge in [-0.1, -0.05) is 11.6 Å². The second kappa shape index (κ2) is 9.36. The molecule has 0 aliphatic rings. The summed E-state index contributed by atoms with van der Waals surface area (Å²) in [5, 5.41) is 6.28. The summed E-state index contributed by atoms with van der Waals surface area (Å²) in [7, 11) is 1.46. The Bertz CT molecular complexity index is 1070. The zero-order chi connectivity index (χ0) is 22.6. The predicted octanol–water partition coefficient (Wildman–Crippen LogP) is 4.96. The highest BCUT2D eigenvalue weighted by molar-refractivity contribution is 6.30. The minimum absolute atomic E-state index is 0.0473. The average molecular weight is 458 g/mol. The lowest BCUT2D eigenvalue weighted by atomic mass is 10.2. The molecular formula is C20H16ClF4N3O3. The summed E-state index contributed by atoms with van der Waals surface area (Å²) < 4.78 is 65.8. The van der Waals surface area contributed by atoms with Crippen molar-refractivity contribution in [1.29, 1.82) is 0 Å². The Kier molecular flexibility index (Phi) is 6.81. The lowest BCUT2D eigenvalue weighted by Gasteiger charge is -2.13. The van der Waals surface area contributed by atoms with Crippen LogP contribution < -0.4 is 10.1 Å². The highest BCUT2D eigenvalue weighted by Crippen LogP contribution is 2.34. The lowest BCUT2D eigenvalue weighted by molar-refractivity contribution is -0.143. The van der Waals surface area contributed by atoms with Gasteiger partial charge in [0, 0.05) is 23.9 Å². The van der Waals surface area contributed by atoms with Gasteiger partial charge in [-0.2, -0.15) is 18.3 Å². The SMILES string of the molecule is COCCOc1ccc(NC(=O)c2cnn(-c3ccc(Cl)cc3)c2C(F)(F)F)cc1F. The van der Waals surface area contributed by atoms with E-state index in [0.29, 0.717) is 9.70 Å². The van der Waals surface area contributed by atoms with Crippen molar-refractivity contribution in [3.05, 3.63) is 70.8 Å². The fourth-order valence-corrected chi connectivity index (χ4v) is 2.82. The summed E-state index contributed by atoms with van der Waals surface area (Å²) in [6.07, 6.45) is -4.08. The van der Waals surface area contributed by atoms with Gasteiger partial charge < -0.3 is 14.8 Å². The number of hydrogen-bond donors (Lipinski definition) is 1. The smallest absolute Gasteiger partial charge is 0.434 e. The molecule has 3 aromatic rings. The predicted molar refractivity (Wildman–Crippen MR) is 105 cm³/mol. The van der Waals surface area contributed by atoms with E-state index in [1.165, 1.54) is 43.5 Å². The normalized spacial score (nSPS) is 11.4. The largest absolute Gasteiger partial charge is 0.488 e. The topological polar surface area (TPSA) is 65.4 Å². The molecule has 0 unspecified atom stereocenters. The summed E-state index contributed by atoms with van der Waals surface area (Å²) >= 11 is 5.77. The number of aromatic nitrogens is 2. The Hall–Kier alpha value is -3.11. The van der Waals surface area contributed by atoms with E-state index in [-0.39, 0.29) is 30.3 Å². The van der Waals surface area contributed by atoms with Crippen molar-refractivity contribution >= 4 is 23.2 Å². The van der Waals surface area contributed by atoms with Gasteiger partial charge in [-0.3, -0.25) is 4.79 Å². The Morgan fingerprint density at radius 3 is 2.48 bits per heavy atom. The van der Waals surface area contributed by atoms with Gasteiger partial charge in [0.1, 0.15) is 6.61 Å². The van der Waals surface area contributed by atoms with E-state index in [1.54, 1.807) is 0 Å². The van der Waals surface area contributed by atoms with E-state index in [1.807, 2.05) is 0 Å². The number of methoxy groups -OCH3 is 1. The number of hydrogen-bond acceptors (Lipinski definition) is 4. The number of benzene rings is 2. The number of halogens is 5. The molecule has 164 valence electrons. The zero-order valence-electron chi connectivity index (χ0n) is 16.0. The Labute approximate surface area is 179 Å². The third-order valence-corrected chi connectivity index (χ3v) is 4.34. The third-order valence-electron chi connectivity index (χ3n) is 4.09. The summed E-state index contributed by atoms with van der Waals surface area (Å²) in [5.74, 6) is -1.97. The molecule has 0 spiro atoms. The number of amides is 1. The van der Waals surface area contributed by atoms with Crippen LogP contribution in [0, 0.1) is 5.82 Å². The van der Waals surface area contributed by atoms with Crippen LogP contribution in [-0.2, 0) is 10.9 Å². The van der Waals surface area contributed by atoms with Crippen LogP contribution in [0.25, 0.3) is 5.69 Å². The van der Waals surface area contributed by atoms with Gasteiger partial charge in [0.15, 0.2) is 17.3 Å². The van der Waals surface area contributed by atoms with Crippen molar-refractivity contribution in [2.75, 3.05) is 25.6 Å². The van der Waals surface area contributed by atoms with E-state index in [0.717, 1.165) is 12.3 Å². The molecule has 0 aliphatic heterocycles. The van der Waals surface area contributed by atoms with Gasteiger partial charge in [-0.15, -0.1) is 0 Å². The molecule has 1 amide bonds. The molecule has 31 heavy (non-hydrogen) atoms. The number of ether oxygens (including phenoxy) is 2. The van der Waals surface area contributed by atoms with Gasteiger partial charge in [-0.25, -0.2) is 9.07 Å². The molecule has 6 nitrogen and oxygen atoms in total. The monoisotopic (exact) mass is 457 g/mol. The van der Waals surface area contributed by atoms with Crippen LogP contribution in [0.5, 0.6) is 5.75 Å². The van der Waals surface area contributed by atoms with E-state index < -0.39 is 29.2 Å².